The fourth-order valence-electron chi connectivity index (χ4n) is 2.73. The molecule has 8 heteroatoms. The van der Waals surface area contributed by atoms with Crippen LogP contribution in [0.15, 0.2) is 48.8 Å². The van der Waals surface area contributed by atoms with E-state index in [2.05, 4.69) is 15.3 Å². The van der Waals surface area contributed by atoms with Crippen LogP contribution in [0.4, 0.5) is 10.3 Å². The summed E-state index contributed by atoms with van der Waals surface area (Å²) in [4.78, 5) is 8.23. The summed E-state index contributed by atoms with van der Waals surface area (Å²) in [7, 11) is 0. The molecule has 0 amide bonds. The van der Waals surface area contributed by atoms with E-state index in [1.165, 1.54) is 18.2 Å². The molecule has 2 aromatic carbocycles. The van der Waals surface area contributed by atoms with Gasteiger partial charge in [-0.1, -0.05) is 6.07 Å². The van der Waals surface area contributed by atoms with Gasteiger partial charge < -0.3 is 25.0 Å². The second kappa shape index (κ2) is 6.40. The summed E-state index contributed by atoms with van der Waals surface area (Å²) >= 11 is 0. The highest BCUT2D eigenvalue weighted by Crippen LogP contribution is 2.42. The molecule has 0 aliphatic carbocycles. The normalized spacial score (nSPS) is 13.4. The molecular weight excluding hydrogens is 341 g/mol. The molecule has 4 rings (SSSR count). The number of phenolic OH excluding ortho intramolecular Hbond substituents is 2. The third kappa shape index (κ3) is 2.92. The minimum Gasteiger partial charge on any atom is -0.507 e. The average Bonchev–Trinajstić information content (AvgIpc) is 3.09. The van der Waals surface area contributed by atoms with Crippen molar-refractivity contribution < 1.29 is 24.1 Å². The van der Waals surface area contributed by atoms with Crippen LogP contribution in [0.5, 0.6) is 23.0 Å². The highest BCUT2D eigenvalue weighted by molar-refractivity contribution is 5.56. The van der Waals surface area contributed by atoms with Gasteiger partial charge in [0.25, 0.3) is 0 Å². The maximum absolute atomic E-state index is 13.5. The Hall–Kier alpha value is -3.55. The highest BCUT2D eigenvalue weighted by atomic mass is 19.1. The van der Waals surface area contributed by atoms with Crippen LogP contribution in [0.25, 0.3) is 0 Å². The molecule has 0 spiro atoms. The van der Waals surface area contributed by atoms with Gasteiger partial charge in [0.1, 0.15) is 5.75 Å². The first-order valence-electron chi connectivity index (χ1n) is 7.76. The topological polar surface area (TPSA) is 96.7 Å². The van der Waals surface area contributed by atoms with Crippen molar-refractivity contribution in [1.82, 2.24) is 9.97 Å². The Morgan fingerprint density at radius 3 is 2.46 bits per heavy atom. The fourth-order valence-corrected chi connectivity index (χ4v) is 2.73. The molecule has 1 aliphatic heterocycles. The maximum atomic E-state index is 13.5. The number of hydrogen-bond acceptors (Lipinski definition) is 7. The number of anilines is 1. The van der Waals surface area contributed by atoms with Crippen molar-refractivity contribution >= 4 is 5.95 Å². The Bertz CT molecular complexity index is 953. The molecule has 3 aromatic rings. The number of phenols is 2. The number of hydrogen-bond donors (Lipinski definition) is 3. The van der Waals surface area contributed by atoms with E-state index in [9.17, 15) is 14.6 Å². The van der Waals surface area contributed by atoms with E-state index >= 15 is 0 Å². The minimum atomic E-state index is -0.738. The predicted octanol–water partition coefficient (Wildman–Crippen LogP) is 2.96. The van der Waals surface area contributed by atoms with E-state index in [0.29, 0.717) is 28.6 Å². The molecule has 0 radical (unpaired) electrons. The van der Waals surface area contributed by atoms with Crippen LogP contribution in [0.1, 0.15) is 17.2 Å². The van der Waals surface area contributed by atoms with Crippen LogP contribution in [0.2, 0.25) is 0 Å². The van der Waals surface area contributed by atoms with Crippen LogP contribution < -0.4 is 14.8 Å². The van der Waals surface area contributed by atoms with Crippen molar-refractivity contribution in [3.05, 3.63) is 65.7 Å². The van der Waals surface area contributed by atoms with Gasteiger partial charge in [-0.15, -0.1) is 0 Å². The highest BCUT2D eigenvalue weighted by Gasteiger charge is 2.25. The Morgan fingerprint density at radius 1 is 1.00 bits per heavy atom. The number of rotatable bonds is 4. The molecule has 0 fully saturated rings. The van der Waals surface area contributed by atoms with E-state index in [0.717, 1.165) is 6.07 Å². The monoisotopic (exact) mass is 355 g/mol. The van der Waals surface area contributed by atoms with E-state index in [1.807, 2.05) is 0 Å². The van der Waals surface area contributed by atoms with Crippen LogP contribution in [0.3, 0.4) is 0 Å². The molecule has 1 atom stereocenters. The van der Waals surface area contributed by atoms with Gasteiger partial charge in [-0.05, 0) is 29.8 Å². The Morgan fingerprint density at radius 2 is 1.73 bits per heavy atom. The van der Waals surface area contributed by atoms with Crippen LogP contribution in [-0.4, -0.2) is 27.0 Å². The first kappa shape index (κ1) is 15.9. The molecule has 132 valence electrons. The van der Waals surface area contributed by atoms with Crippen molar-refractivity contribution in [2.45, 2.75) is 6.04 Å². The number of halogens is 1. The molecule has 0 bridgehead atoms. The lowest BCUT2D eigenvalue weighted by atomic mass is 9.97. The number of nitrogens with zero attached hydrogens (tertiary/aromatic N) is 2. The average molecular weight is 355 g/mol. The van der Waals surface area contributed by atoms with Gasteiger partial charge in [-0.25, -0.2) is 14.4 Å². The van der Waals surface area contributed by atoms with Gasteiger partial charge in [-0.3, -0.25) is 0 Å². The van der Waals surface area contributed by atoms with Crippen molar-refractivity contribution in [3.8, 4) is 23.0 Å². The standard InChI is InChI=1S/C18H14FN3O4/c19-12-3-2-10(6-14(12)24)17(22-18-20-4-1-5-21-18)11-7-15-16(8-13(11)23)26-9-25-15/h1-8,17,23-24H,9H2,(H,20,21,22). The van der Waals surface area contributed by atoms with Crippen LogP contribution >= 0.6 is 0 Å². The smallest absolute Gasteiger partial charge is 0.231 e. The summed E-state index contributed by atoms with van der Waals surface area (Å²) in [5.41, 5.74) is 0.943. The van der Waals surface area contributed by atoms with Crippen molar-refractivity contribution in [2.75, 3.05) is 12.1 Å². The molecule has 0 saturated heterocycles. The predicted molar refractivity (Wildman–Crippen MR) is 89.8 cm³/mol. The van der Waals surface area contributed by atoms with Gasteiger partial charge in [0.15, 0.2) is 23.1 Å². The SMILES string of the molecule is Oc1cc(C(Nc2ncccn2)c2cc3c(cc2O)OCO3)ccc1F. The summed E-state index contributed by atoms with van der Waals surface area (Å²) in [6.07, 6.45) is 3.13. The maximum Gasteiger partial charge on any atom is 0.231 e. The zero-order valence-electron chi connectivity index (χ0n) is 13.4. The summed E-state index contributed by atoms with van der Waals surface area (Å²) in [6, 6.07) is 8.00. The fraction of sp³-hybridized carbons (Fsp3) is 0.111. The van der Waals surface area contributed by atoms with Gasteiger partial charge >= 0.3 is 0 Å². The lowest BCUT2D eigenvalue weighted by Crippen LogP contribution is -2.14. The number of nitrogens with one attached hydrogen (secondary N) is 1. The zero-order valence-corrected chi connectivity index (χ0v) is 13.4. The lowest BCUT2D eigenvalue weighted by molar-refractivity contribution is 0.174. The number of benzene rings is 2. The summed E-state index contributed by atoms with van der Waals surface area (Å²) in [5, 5.41) is 23.3. The minimum absolute atomic E-state index is 0.0495. The van der Waals surface area contributed by atoms with Gasteiger partial charge in [0.2, 0.25) is 12.7 Å². The van der Waals surface area contributed by atoms with E-state index in [-0.39, 0.29) is 12.5 Å². The van der Waals surface area contributed by atoms with Gasteiger partial charge in [-0.2, -0.15) is 0 Å². The molecule has 0 saturated carbocycles. The number of aromatic hydroxyl groups is 2. The molecule has 26 heavy (non-hydrogen) atoms. The second-order valence-electron chi connectivity index (χ2n) is 5.62. The number of ether oxygens (including phenoxy) is 2. The molecule has 2 heterocycles. The molecule has 3 N–H and O–H groups in total. The second-order valence-corrected chi connectivity index (χ2v) is 5.62. The largest absolute Gasteiger partial charge is 0.507 e. The van der Waals surface area contributed by atoms with E-state index in [4.69, 9.17) is 9.47 Å². The van der Waals surface area contributed by atoms with Gasteiger partial charge in [0.05, 0.1) is 6.04 Å². The van der Waals surface area contributed by atoms with E-state index in [1.54, 1.807) is 24.5 Å². The molecular formula is C18H14FN3O4. The van der Waals surface area contributed by atoms with Crippen molar-refractivity contribution in [3.63, 3.8) is 0 Å². The number of aromatic nitrogens is 2. The summed E-state index contributed by atoms with van der Waals surface area (Å²) in [6.45, 7) is 0.0649. The molecule has 7 nitrogen and oxygen atoms in total. The zero-order chi connectivity index (χ0) is 18.1. The first-order chi connectivity index (χ1) is 12.6. The molecule has 1 aliphatic rings. The van der Waals surface area contributed by atoms with Crippen LogP contribution in [0, 0.1) is 5.82 Å². The molecule has 1 unspecified atom stereocenters. The van der Waals surface area contributed by atoms with Gasteiger partial charge in [0, 0.05) is 24.0 Å². The van der Waals surface area contributed by atoms with Crippen LogP contribution in [-0.2, 0) is 0 Å². The van der Waals surface area contributed by atoms with Crippen molar-refractivity contribution in [2.24, 2.45) is 0 Å². The first-order valence-corrected chi connectivity index (χ1v) is 7.76. The van der Waals surface area contributed by atoms with E-state index < -0.39 is 17.6 Å². The molecule has 1 aromatic heterocycles. The lowest BCUT2D eigenvalue weighted by Gasteiger charge is -2.21. The third-order valence-electron chi connectivity index (χ3n) is 3.98. The Labute approximate surface area is 147 Å². The number of fused-ring (bicyclic) bond motifs is 1. The summed E-state index contributed by atoms with van der Waals surface area (Å²) < 4.78 is 24.1. The third-order valence-corrected chi connectivity index (χ3v) is 3.98. The Balaban J connectivity index is 1.81. The summed E-state index contributed by atoms with van der Waals surface area (Å²) in [5.74, 6) is -0.0698. The quantitative estimate of drug-likeness (QED) is 0.662. The van der Waals surface area contributed by atoms with Crippen molar-refractivity contribution in [1.29, 1.82) is 0 Å². The Kier molecular flexibility index (Phi) is 3.92.